The average molecular weight is 435 g/mol. The van der Waals surface area contributed by atoms with E-state index in [0.717, 1.165) is 49.7 Å². The maximum atomic E-state index is 12.6. The van der Waals surface area contributed by atoms with E-state index < -0.39 is 0 Å². The fourth-order valence-electron chi connectivity index (χ4n) is 4.60. The molecule has 2 fully saturated rings. The van der Waals surface area contributed by atoms with Crippen molar-refractivity contribution in [2.45, 2.75) is 32.4 Å². The first-order chi connectivity index (χ1) is 15.6. The Hall–Kier alpha value is -3.20. The molecule has 168 valence electrons. The van der Waals surface area contributed by atoms with E-state index in [0.29, 0.717) is 24.2 Å². The van der Waals surface area contributed by atoms with E-state index in [2.05, 4.69) is 55.6 Å². The number of hydrogen-bond donors (Lipinski definition) is 3. The molecule has 1 amide bonds. The molecule has 3 aliphatic heterocycles. The third-order valence-electron chi connectivity index (χ3n) is 6.68. The molecule has 2 unspecified atom stereocenters. The van der Waals surface area contributed by atoms with Crippen LogP contribution in [-0.2, 0) is 4.79 Å². The maximum Gasteiger partial charge on any atom is 0.246 e. The van der Waals surface area contributed by atoms with E-state index >= 15 is 0 Å². The smallest absolute Gasteiger partial charge is 0.246 e. The molecule has 0 aromatic carbocycles. The van der Waals surface area contributed by atoms with E-state index in [1.54, 1.807) is 0 Å². The standard InChI is InChI=1S/C23H30N8O/c1-3-15(2)19-14-26-22(32)18-6-4-16-12-27-23(29-21(16)31(18)19)28-20-7-5-17(13-25-20)30-10-8-24-9-11-30/h4-7,12-13,15,18-19,24H,3,8-11,14H2,1-2H3,(H,26,32)(H,25,27,28,29)/t15?,18?,19-/m0/s1. The van der Waals surface area contributed by atoms with Gasteiger partial charge in [-0.2, -0.15) is 4.98 Å². The number of hydrogen-bond acceptors (Lipinski definition) is 8. The fraction of sp³-hybridized carbons (Fsp3) is 0.478. The van der Waals surface area contributed by atoms with E-state index in [1.807, 2.05) is 30.6 Å². The molecule has 3 aliphatic rings. The lowest BCUT2D eigenvalue weighted by Crippen LogP contribution is -2.63. The van der Waals surface area contributed by atoms with Crippen molar-refractivity contribution in [2.75, 3.05) is 47.8 Å². The van der Waals surface area contributed by atoms with Gasteiger partial charge in [-0.3, -0.25) is 4.79 Å². The van der Waals surface area contributed by atoms with E-state index in [9.17, 15) is 4.79 Å². The Kier molecular flexibility index (Phi) is 5.65. The Morgan fingerprint density at radius 3 is 2.81 bits per heavy atom. The van der Waals surface area contributed by atoms with Crippen LogP contribution in [0, 0.1) is 5.92 Å². The van der Waals surface area contributed by atoms with Crippen molar-refractivity contribution in [1.82, 2.24) is 25.6 Å². The van der Waals surface area contributed by atoms with Crippen molar-refractivity contribution in [3.05, 3.63) is 36.2 Å². The van der Waals surface area contributed by atoms with Crippen LogP contribution in [-0.4, -0.2) is 65.7 Å². The number of anilines is 4. The number of nitrogens with one attached hydrogen (secondary N) is 3. The van der Waals surface area contributed by atoms with Crippen molar-refractivity contribution < 1.29 is 4.79 Å². The van der Waals surface area contributed by atoms with Gasteiger partial charge in [-0.05, 0) is 18.1 Å². The highest BCUT2D eigenvalue weighted by atomic mass is 16.2. The number of nitrogens with zero attached hydrogens (tertiary/aromatic N) is 5. The molecule has 3 N–H and O–H groups in total. The first-order valence-corrected chi connectivity index (χ1v) is 11.4. The van der Waals surface area contributed by atoms with Gasteiger partial charge in [0.1, 0.15) is 17.7 Å². The minimum atomic E-state index is -0.338. The van der Waals surface area contributed by atoms with Crippen LogP contribution >= 0.6 is 0 Å². The molecule has 3 atom stereocenters. The molecule has 0 aliphatic carbocycles. The van der Waals surface area contributed by atoms with Gasteiger partial charge in [-0.1, -0.05) is 32.4 Å². The van der Waals surface area contributed by atoms with Gasteiger partial charge >= 0.3 is 0 Å². The van der Waals surface area contributed by atoms with Crippen LogP contribution in [0.15, 0.2) is 30.6 Å². The van der Waals surface area contributed by atoms with Gasteiger partial charge in [0, 0.05) is 44.5 Å². The number of amides is 1. The van der Waals surface area contributed by atoms with Gasteiger partial charge in [0.15, 0.2) is 0 Å². The zero-order valence-electron chi connectivity index (χ0n) is 18.6. The van der Waals surface area contributed by atoms with Gasteiger partial charge in [-0.25, -0.2) is 9.97 Å². The molecule has 32 heavy (non-hydrogen) atoms. The zero-order valence-corrected chi connectivity index (χ0v) is 18.6. The van der Waals surface area contributed by atoms with Crippen LogP contribution in [0.5, 0.6) is 0 Å². The SMILES string of the molecule is CCC(C)[C@@H]1CNC(=O)C2C=Cc3cnc(Nc4ccc(N5CCNCC5)cn4)nc3N21. The molecule has 2 aromatic heterocycles. The molecule has 0 bridgehead atoms. The number of piperazine rings is 2. The summed E-state index contributed by atoms with van der Waals surface area (Å²) >= 11 is 0. The van der Waals surface area contributed by atoms with Crippen molar-refractivity contribution in [1.29, 1.82) is 0 Å². The Morgan fingerprint density at radius 1 is 1.22 bits per heavy atom. The van der Waals surface area contributed by atoms with Crippen molar-refractivity contribution in [3.63, 3.8) is 0 Å². The average Bonchev–Trinajstić information content (AvgIpc) is 2.84. The summed E-state index contributed by atoms with van der Waals surface area (Å²) in [4.78, 5) is 30.9. The Bertz CT molecular complexity index is 1000. The van der Waals surface area contributed by atoms with Crippen LogP contribution in [0.4, 0.5) is 23.3 Å². The fourth-order valence-corrected chi connectivity index (χ4v) is 4.60. The summed E-state index contributed by atoms with van der Waals surface area (Å²) in [5.74, 6) is 2.41. The zero-order chi connectivity index (χ0) is 22.1. The van der Waals surface area contributed by atoms with Gasteiger partial charge in [0.2, 0.25) is 11.9 Å². The Morgan fingerprint density at radius 2 is 2.06 bits per heavy atom. The van der Waals surface area contributed by atoms with Gasteiger partial charge in [0.05, 0.1) is 17.9 Å². The lowest BCUT2D eigenvalue weighted by atomic mass is 9.91. The largest absolute Gasteiger partial charge is 0.368 e. The molecular weight excluding hydrogens is 404 g/mol. The molecule has 5 heterocycles. The topological polar surface area (TPSA) is 98.3 Å². The van der Waals surface area contributed by atoms with Gasteiger partial charge in [0.25, 0.3) is 0 Å². The van der Waals surface area contributed by atoms with Gasteiger partial charge < -0.3 is 25.8 Å². The summed E-state index contributed by atoms with van der Waals surface area (Å²) in [6.45, 7) is 8.98. The van der Waals surface area contributed by atoms with E-state index in [1.165, 1.54) is 0 Å². The number of carbonyl (C=O) groups excluding carboxylic acids is 1. The summed E-state index contributed by atoms with van der Waals surface area (Å²) in [6.07, 6.45) is 8.62. The molecule has 9 heteroatoms. The van der Waals surface area contributed by atoms with Crippen LogP contribution in [0.2, 0.25) is 0 Å². The first-order valence-electron chi connectivity index (χ1n) is 11.4. The third-order valence-corrected chi connectivity index (χ3v) is 6.68. The van der Waals surface area contributed by atoms with E-state index in [4.69, 9.17) is 4.98 Å². The van der Waals surface area contributed by atoms with Crippen molar-refractivity contribution in [2.24, 2.45) is 5.92 Å². The molecule has 9 nitrogen and oxygen atoms in total. The monoisotopic (exact) mass is 434 g/mol. The van der Waals surface area contributed by atoms with Crippen LogP contribution < -0.4 is 25.8 Å². The molecule has 0 spiro atoms. The number of pyridine rings is 1. The van der Waals surface area contributed by atoms with Crippen molar-refractivity contribution in [3.8, 4) is 0 Å². The summed E-state index contributed by atoms with van der Waals surface area (Å²) in [6, 6.07) is 3.88. The Balaban J connectivity index is 1.39. The molecule has 5 rings (SSSR count). The summed E-state index contributed by atoms with van der Waals surface area (Å²) in [7, 11) is 0. The third kappa shape index (κ3) is 3.88. The second-order valence-electron chi connectivity index (χ2n) is 8.65. The van der Waals surface area contributed by atoms with Crippen LogP contribution in [0.25, 0.3) is 6.08 Å². The van der Waals surface area contributed by atoms with Crippen LogP contribution in [0.1, 0.15) is 25.8 Å². The normalized spacial score (nSPS) is 23.2. The number of fused-ring (bicyclic) bond motifs is 3. The maximum absolute atomic E-state index is 12.6. The summed E-state index contributed by atoms with van der Waals surface area (Å²) < 4.78 is 0. The summed E-state index contributed by atoms with van der Waals surface area (Å²) in [5, 5.41) is 9.65. The minimum absolute atomic E-state index is 0.0183. The molecule has 0 saturated carbocycles. The molecule has 2 aromatic rings. The second-order valence-corrected chi connectivity index (χ2v) is 8.65. The highest BCUT2D eigenvalue weighted by Crippen LogP contribution is 2.34. The lowest BCUT2D eigenvalue weighted by Gasteiger charge is -2.45. The lowest BCUT2D eigenvalue weighted by molar-refractivity contribution is -0.122. The number of carbonyl (C=O) groups is 1. The molecule has 0 radical (unpaired) electrons. The molecular formula is C23H30N8O. The minimum Gasteiger partial charge on any atom is -0.368 e. The predicted octanol–water partition coefficient (Wildman–Crippen LogP) is 1.77. The predicted molar refractivity (Wildman–Crippen MR) is 126 cm³/mol. The van der Waals surface area contributed by atoms with Crippen molar-refractivity contribution >= 4 is 35.3 Å². The Labute approximate surface area is 188 Å². The van der Waals surface area contributed by atoms with Gasteiger partial charge in [-0.15, -0.1) is 0 Å². The quantitative estimate of drug-likeness (QED) is 0.655. The summed E-state index contributed by atoms with van der Waals surface area (Å²) in [5.41, 5.74) is 2.05. The first kappa shape index (κ1) is 20.7. The molecule has 2 saturated heterocycles. The van der Waals surface area contributed by atoms with E-state index in [-0.39, 0.29) is 18.0 Å². The highest BCUT2D eigenvalue weighted by Gasteiger charge is 2.40. The number of aromatic nitrogens is 3. The number of rotatable bonds is 5. The highest BCUT2D eigenvalue weighted by molar-refractivity contribution is 5.92. The van der Waals surface area contributed by atoms with Crippen LogP contribution in [0.3, 0.4) is 0 Å². The second kappa shape index (κ2) is 8.74.